The number of alkyl halides is 4. The van der Waals surface area contributed by atoms with Crippen LogP contribution in [-0.4, -0.2) is 48.1 Å². The minimum Gasteiger partial charge on any atom is -0.374 e. The number of hydrogen-bond donors (Lipinski definition) is 3. The summed E-state index contributed by atoms with van der Waals surface area (Å²) in [6, 6.07) is 5.91. The molecule has 5 rings (SSSR count). The largest absolute Gasteiger partial charge is 0.374 e. The van der Waals surface area contributed by atoms with Gasteiger partial charge in [0.1, 0.15) is 17.3 Å². The molecule has 2 atom stereocenters. The van der Waals surface area contributed by atoms with E-state index in [9.17, 15) is 30.8 Å². The molecule has 36 heavy (non-hydrogen) atoms. The number of sulfone groups is 1. The smallest absolute Gasteiger partial charge is 0.295 e. The van der Waals surface area contributed by atoms with Gasteiger partial charge in [0.05, 0.1) is 22.4 Å². The number of nitrogens with one attached hydrogen (secondary N) is 3. The molecule has 3 heterocycles. The number of ether oxygens (including phenoxy) is 1. The number of carbonyl (C=O) groups excluding carboxylic acids is 1. The minimum atomic E-state index is -3.75. The van der Waals surface area contributed by atoms with Crippen molar-refractivity contribution in [3.05, 3.63) is 35.7 Å². The first-order valence-electron chi connectivity index (χ1n) is 11.0. The van der Waals surface area contributed by atoms with Crippen molar-refractivity contribution in [2.24, 2.45) is 5.92 Å². The molecule has 1 aliphatic carbocycles. The van der Waals surface area contributed by atoms with Crippen LogP contribution in [0.5, 0.6) is 0 Å². The van der Waals surface area contributed by atoms with Crippen molar-refractivity contribution in [1.82, 2.24) is 15.0 Å². The van der Waals surface area contributed by atoms with E-state index in [0.29, 0.717) is 12.2 Å². The highest BCUT2D eigenvalue weighted by atomic mass is 32.2. The molecule has 1 amide bonds. The van der Waals surface area contributed by atoms with Gasteiger partial charge in [0.25, 0.3) is 12.3 Å². The van der Waals surface area contributed by atoms with Gasteiger partial charge in [-0.05, 0) is 30.5 Å². The number of aromatic amines is 1. The third kappa shape index (κ3) is 4.74. The van der Waals surface area contributed by atoms with Gasteiger partial charge in [-0.3, -0.25) is 4.79 Å². The van der Waals surface area contributed by atoms with E-state index in [4.69, 9.17) is 4.74 Å². The molecule has 1 aliphatic heterocycles. The van der Waals surface area contributed by atoms with E-state index in [0.717, 1.165) is 19.1 Å². The molecule has 1 saturated carbocycles. The quantitative estimate of drug-likeness (QED) is 0.387. The number of amides is 1. The van der Waals surface area contributed by atoms with E-state index < -0.39 is 46.3 Å². The lowest BCUT2D eigenvalue weighted by Crippen LogP contribution is -2.18. The Bertz CT molecular complexity index is 1450. The maximum Gasteiger partial charge on any atom is 0.295 e. The Morgan fingerprint density at radius 2 is 1.97 bits per heavy atom. The number of H-pyrrole nitrogens is 1. The maximum absolute atomic E-state index is 13.3. The Balaban J connectivity index is 1.55. The number of rotatable bonds is 7. The number of fused-ring (bicyclic) bond motifs is 1. The van der Waals surface area contributed by atoms with Gasteiger partial charge in [-0.15, -0.1) is 0 Å². The zero-order valence-corrected chi connectivity index (χ0v) is 19.6. The average Bonchev–Trinajstić information content (AvgIpc) is 3.19. The average molecular weight is 528 g/mol. The molecule has 0 bridgehead atoms. The molecule has 3 N–H and O–H groups in total. The molecule has 14 heteroatoms. The molecule has 192 valence electrons. The van der Waals surface area contributed by atoms with Gasteiger partial charge in [0.2, 0.25) is 5.91 Å². The van der Waals surface area contributed by atoms with Crippen LogP contribution in [0.1, 0.15) is 43.2 Å². The molecular weight excluding hydrogens is 506 g/mol. The number of pyridine rings is 1. The number of hydrogen-bond acceptors (Lipinski definition) is 7. The molecule has 0 spiro atoms. The van der Waals surface area contributed by atoms with E-state index >= 15 is 0 Å². The zero-order chi connectivity index (χ0) is 25.8. The van der Waals surface area contributed by atoms with Crippen molar-refractivity contribution in [1.29, 1.82) is 0 Å². The number of aromatic nitrogens is 3. The highest BCUT2D eigenvalue weighted by Crippen LogP contribution is 2.49. The van der Waals surface area contributed by atoms with Crippen molar-refractivity contribution >= 4 is 44.1 Å². The fraction of sp³-hybridized carbons (Fsp3) is 0.409. The standard InChI is InChI=1S/C22H21F4N5O4S/c1-36(33,34)15-7-10(14-3-2-6-35-14)4-5-12(15)27-13-8-16(29-21(32)11-9-22(11,25)26)28-19-17(13)30-20(31-19)18(23)24/h4-5,7-8,11,14,18H,2-3,6,9H2,1H3,(H3,27,28,29,30,31,32)/t11-,14-/m1/s1. The highest BCUT2D eigenvalue weighted by molar-refractivity contribution is 7.90. The molecule has 2 aromatic heterocycles. The summed E-state index contributed by atoms with van der Waals surface area (Å²) in [5.41, 5.74) is 0.638. The summed E-state index contributed by atoms with van der Waals surface area (Å²) >= 11 is 0. The van der Waals surface area contributed by atoms with Crippen LogP contribution in [0.2, 0.25) is 0 Å². The number of benzene rings is 1. The number of halogens is 4. The molecular formula is C22H21F4N5O4S. The minimum absolute atomic E-state index is 0.0378. The first-order chi connectivity index (χ1) is 16.9. The lowest BCUT2D eigenvalue weighted by Gasteiger charge is -2.16. The van der Waals surface area contributed by atoms with Crippen molar-refractivity contribution in [3.63, 3.8) is 0 Å². The second-order valence-electron chi connectivity index (χ2n) is 8.84. The van der Waals surface area contributed by atoms with Crippen molar-refractivity contribution in [3.8, 4) is 0 Å². The molecule has 9 nitrogen and oxygen atoms in total. The lowest BCUT2D eigenvalue weighted by atomic mass is 10.1. The third-order valence-electron chi connectivity index (χ3n) is 6.05. The van der Waals surface area contributed by atoms with Crippen LogP contribution in [0.25, 0.3) is 11.2 Å². The SMILES string of the molecule is CS(=O)(=O)c1cc([C@H]2CCCO2)ccc1Nc1cc(NC(=O)[C@H]2CC2(F)F)nc2[nH]c(C(F)F)nc12. The topological polar surface area (TPSA) is 126 Å². The van der Waals surface area contributed by atoms with E-state index in [1.807, 2.05) is 0 Å². The number of nitrogens with zero attached hydrogens (tertiary/aromatic N) is 2. The van der Waals surface area contributed by atoms with Crippen LogP contribution in [0, 0.1) is 5.92 Å². The Morgan fingerprint density at radius 3 is 2.58 bits per heavy atom. The Kier molecular flexibility index (Phi) is 5.90. The number of carbonyl (C=O) groups is 1. The molecule has 2 fully saturated rings. The van der Waals surface area contributed by atoms with Gasteiger partial charge in [-0.2, -0.15) is 0 Å². The molecule has 3 aromatic rings. The molecule has 1 aromatic carbocycles. The van der Waals surface area contributed by atoms with Gasteiger partial charge in [-0.1, -0.05) is 6.07 Å². The van der Waals surface area contributed by atoms with Crippen LogP contribution in [-0.2, 0) is 19.4 Å². The first-order valence-corrected chi connectivity index (χ1v) is 12.9. The fourth-order valence-corrected chi connectivity index (χ4v) is 4.99. The summed E-state index contributed by atoms with van der Waals surface area (Å²) in [5.74, 6) is -6.48. The van der Waals surface area contributed by atoms with E-state index in [-0.39, 0.29) is 39.4 Å². The van der Waals surface area contributed by atoms with E-state index in [1.165, 1.54) is 18.2 Å². The first kappa shape index (κ1) is 24.4. The predicted octanol–water partition coefficient (Wildman–Crippen LogP) is 4.49. The number of imidazole rings is 1. The molecule has 0 radical (unpaired) electrons. The Hall–Kier alpha value is -3.26. The normalized spacial score (nSPS) is 21.2. The van der Waals surface area contributed by atoms with Crippen molar-refractivity contribution in [2.75, 3.05) is 23.5 Å². The van der Waals surface area contributed by atoms with Crippen LogP contribution in [0.15, 0.2) is 29.2 Å². The van der Waals surface area contributed by atoms with Crippen LogP contribution in [0.3, 0.4) is 0 Å². The van der Waals surface area contributed by atoms with Gasteiger partial charge < -0.3 is 20.4 Å². The van der Waals surface area contributed by atoms with E-state index in [2.05, 4.69) is 25.6 Å². The molecule has 0 unspecified atom stereocenters. The molecule has 1 saturated heterocycles. The summed E-state index contributed by atoms with van der Waals surface area (Å²) in [5, 5.41) is 5.15. The zero-order valence-electron chi connectivity index (χ0n) is 18.8. The lowest BCUT2D eigenvalue weighted by molar-refractivity contribution is -0.119. The summed E-state index contributed by atoms with van der Waals surface area (Å²) in [6.07, 6.45) is -1.18. The highest BCUT2D eigenvalue weighted by Gasteiger charge is 2.61. The Morgan fingerprint density at radius 1 is 1.22 bits per heavy atom. The van der Waals surface area contributed by atoms with Crippen LogP contribution in [0.4, 0.5) is 34.8 Å². The van der Waals surface area contributed by atoms with Gasteiger partial charge >= 0.3 is 0 Å². The van der Waals surface area contributed by atoms with Gasteiger partial charge in [0, 0.05) is 25.3 Å². The summed E-state index contributed by atoms with van der Waals surface area (Å²) in [7, 11) is -3.75. The second kappa shape index (κ2) is 8.69. The maximum atomic E-state index is 13.3. The van der Waals surface area contributed by atoms with Gasteiger partial charge in [0.15, 0.2) is 21.3 Å². The van der Waals surface area contributed by atoms with Crippen molar-refractivity contribution < 1.29 is 35.5 Å². The van der Waals surface area contributed by atoms with Gasteiger partial charge in [-0.25, -0.2) is 35.9 Å². The van der Waals surface area contributed by atoms with Crippen molar-refractivity contribution in [2.45, 2.75) is 42.6 Å². The summed E-state index contributed by atoms with van der Waals surface area (Å²) < 4.78 is 84.0. The fourth-order valence-electron chi connectivity index (χ4n) is 4.12. The second-order valence-corrected chi connectivity index (χ2v) is 10.8. The monoisotopic (exact) mass is 527 g/mol. The van der Waals surface area contributed by atoms with E-state index in [1.54, 1.807) is 6.07 Å². The Labute approximate surface area is 202 Å². The molecule has 2 aliphatic rings. The third-order valence-corrected chi connectivity index (χ3v) is 7.18. The predicted molar refractivity (Wildman–Crippen MR) is 121 cm³/mol. The summed E-state index contributed by atoms with van der Waals surface area (Å²) in [6.45, 7) is 0.570. The number of anilines is 3. The van der Waals surface area contributed by atoms with Crippen LogP contribution >= 0.6 is 0 Å². The van der Waals surface area contributed by atoms with Crippen LogP contribution < -0.4 is 10.6 Å². The summed E-state index contributed by atoms with van der Waals surface area (Å²) in [4.78, 5) is 22.3.